The van der Waals surface area contributed by atoms with Crippen LogP contribution in [0.3, 0.4) is 0 Å². The molecule has 0 bridgehead atoms. The smallest absolute Gasteiger partial charge is 0.399 e. The van der Waals surface area contributed by atoms with Crippen LogP contribution in [0, 0.1) is 17.5 Å². The average molecular weight is 450 g/mol. The van der Waals surface area contributed by atoms with Gasteiger partial charge in [-0.25, -0.2) is 13.2 Å². The molecule has 1 aliphatic rings. The van der Waals surface area contributed by atoms with E-state index in [4.69, 9.17) is 0 Å². The highest BCUT2D eigenvalue weighted by atomic mass is 19.4. The van der Waals surface area contributed by atoms with Gasteiger partial charge < -0.3 is 4.74 Å². The lowest BCUT2D eigenvalue weighted by atomic mass is 9.83. The van der Waals surface area contributed by atoms with Gasteiger partial charge in [0.1, 0.15) is 5.82 Å². The van der Waals surface area contributed by atoms with E-state index in [1.807, 2.05) is 24.3 Å². The second kappa shape index (κ2) is 8.88. The molecule has 0 heterocycles. The Morgan fingerprint density at radius 3 is 1.78 bits per heavy atom. The molecule has 3 aromatic carbocycles. The fourth-order valence-corrected chi connectivity index (χ4v) is 4.24. The Bertz CT molecular complexity index is 1080. The molecule has 0 amide bonds. The maximum absolute atomic E-state index is 14.8. The summed E-state index contributed by atoms with van der Waals surface area (Å²) >= 11 is 0. The standard InChI is InChI=1S/C25H20F6O/c26-21-12-18(17-8-6-16(7-9-17)15-4-2-1-3-5-15)10-11-20(21)19-13-22(27)24(23(28)14-19)32-25(29,30)31/h6-15H,1-5H2. The molecule has 4 rings (SSSR count). The first-order chi connectivity index (χ1) is 15.2. The largest absolute Gasteiger partial charge is 0.573 e. The molecule has 168 valence electrons. The summed E-state index contributed by atoms with van der Waals surface area (Å²) in [5.74, 6) is -4.91. The van der Waals surface area contributed by atoms with Crippen LogP contribution in [0.4, 0.5) is 26.3 Å². The second-order valence-electron chi connectivity index (χ2n) is 7.97. The van der Waals surface area contributed by atoms with Gasteiger partial charge in [-0.3, -0.25) is 0 Å². The quantitative estimate of drug-likeness (QED) is 0.363. The Kier molecular flexibility index (Phi) is 6.17. The Labute approximate surface area is 181 Å². The minimum atomic E-state index is -5.25. The average Bonchev–Trinajstić information content (AvgIpc) is 2.76. The molecule has 32 heavy (non-hydrogen) atoms. The summed E-state index contributed by atoms with van der Waals surface area (Å²) in [6.07, 6.45) is 0.813. The van der Waals surface area contributed by atoms with Crippen LogP contribution < -0.4 is 4.74 Å². The molecule has 0 spiro atoms. The van der Waals surface area contributed by atoms with Gasteiger partial charge in [0.05, 0.1) is 0 Å². The molecular formula is C25H20F6O. The zero-order chi connectivity index (χ0) is 22.9. The van der Waals surface area contributed by atoms with Gasteiger partial charge in [-0.05, 0) is 59.2 Å². The summed E-state index contributed by atoms with van der Waals surface area (Å²) < 4.78 is 83.1. The van der Waals surface area contributed by atoms with E-state index in [-0.39, 0.29) is 11.1 Å². The maximum atomic E-state index is 14.8. The van der Waals surface area contributed by atoms with Crippen LogP contribution in [0.15, 0.2) is 54.6 Å². The van der Waals surface area contributed by atoms with Crippen molar-refractivity contribution < 1.29 is 31.1 Å². The second-order valence-corrected chi connectivity index (χ2v) is 7.97. The van der Waals surface area contributed by atoms with E-state index in [9.17, 15) is 26.3 Å². The normalized spacial score (nSPS) is 15.1. The van der Waals surface area contributed by atoms with E-state index in [0.717, 1.165) is 5.56 Å². The van der Waals surface area contributed by atoms with Gasteiger partial charge in [0, 0.05) is 5.56 Å². The fraction of sp³-hybridized carbons (Fsp3) is 0.280. The Hall–Kier alpha value is -2.96. The number of benzene rings is 3. The van der Waals surface area contributed by atoms with Gasteiger partial charge in [0.15, 0.2) is 11.6 Å². The van der Waals surface area contributed by atoms with Gasteiger partial charge in [0.2, 0.25) is 5.75 Å². The van der Waals surface area contributed by atoms with Crippen molar-refractivity contribution in [2.45, 2.75) is 44.4 Å². The molecule has 0 unspecified atom stereocenters. The number of rotatable bonds is 4. The molecule has 0 aromatic heterocycles. The molecule has 1 saturated carbocycles. The first kappa shape index (κ1) is 22.2. The summed E-state index contributed by atoms with van der Waals surface area (Å²) in [5.41, 5.74) is 2.27. The predicted molar refractivity (Wildman–Crippen MR) is 110 cm³/mol. The molecule has 1 nitrogen and oxygen atoms in total. The Morgan fingerprint density at radius 1 is 0.656 bits per heavy atom. The lowest BCUT2D eigenvalue weighted by molar-refractivity contribution is -0.276. The summed E-state index contributed by atoms with van der Waals surface area (Å²) in [4.78, 5) is 0. The Balaban J connectivity index is 1.58. The van der Waals surface area contributed by atoms with E-state index in [1.54, 1.807) is 6.07 Å². The lowest BCUT2D eigenvalue weighted by Gasteiger charge is -2.22. The van der Waals surface area contributed by atoms with Crippen molar-refractivity contribution in [2.24, 2.45) is 0 Å². The third-order valence-corrected chi connectivity index (χ3v) is 5.82. The highest BCUT2D eigenvalue weighted by Gasteiger charge is 2.34. The van der Waals surface area contributed by atoms with Crippen molar-refractivity contribution in [3.63, 3.8) is 0 Å². The van der Waals surface area contributed by atoms with Gasteiger partial charge in [-0.15, -0.1) is 13.2 Å². The van der Waals surface area contributed by atoms with E-state index in [1.165, 1.54) is 49.8 Å². The Morgan fingerprint density at radius 2 is 1.22 bits per heavy atom. The van der Waals surface area contributed by atoms with Crippen molar-refractivity contribution in [1.82, 2.24) is 0 Å². The lowest BCUT2D eigenvalue weighted by Crippen LogP contribution is -2.19. The molecular weight excluding hydrogens is 430 g/mol. The van der Waals surface area contributed by atoms with Gasteiger partial charge in [0.25, 0.3) is 0 Å². The molecule has 7 heteroatoms. The third-order valence-electron chi connectivity index (χ3n) is 5.82. The van der Waals surface area contributed by atoms with E-state index >= 15 is 0 Å². The maximum Gasteiger partial charge on any atom is 0.573 e. The van der Waals surface area contributed by atoms with E-state index < -0.39 is 29.6 Å². The number of alkyl halides is 3. The summed E-state index contributed by atoms with van der Waals surface area (Å²) in [5, 5.41) is 0. The van der Waals surface area contributed by atoms with Crippen LogP contribution in [-0.4, -0.2) is 6.36 Å². The fourth-order valence-electron chi connectivity index (χ4n) is 4.24. The molecule has 0 N–H and O–H groups in total. The van der Waals surface area contributed by atoms with E-state index in [0.29, 0.717) is 23.6 Å². The van der Waals surface area contributed by atoms with Gasteiger partial charge >= 0.3 is 6.36 Å². The van der Waals surface area contributed by atoms with Crippen LogP contribution in [0.1, 0.15) is 43.6 Å². The van der Waals surface area contributed by atoms with Crippen LogP contribution >= 0.6 is 0 Å². The summed E-state index contributed by atoms with van der Waals surface area (Å²) in [6.45, 7) is 0. The van der Waals surface area contributed by atoms with Crippen LogP contribution in [0.5, 0.6) is 5.75 Å². The van der Waals surface area contributed by atoms with Crippen molar-refractivity contribution >= 4 is 0 Å². The van der Waals surface area contributed by atoms with Crippen molar-refractivity contribution in [1.29, 1.82) is 0 Å². The first-order valence-electron chi connectivity index (χ1n) is 10.4. The van der Waals surface area contributed by atoms with Crippen LogP contribution in [0.25, 0.3) is 22.3 Å². The molecule has 0 saturated heterocycles. The molecule has 0 aliphatic heterocycles. The zero-order valence-electron chi connectivity index (χ0n) is 17.0. The van der Waals surface area contributed by atoms with Crippen LogP contribution in [-0.2, 0) is 0 Å². The highest BCUT2D eigenvalue weighted by molar-refractivity contribution is 5.71. The summed E-state index contributed by atoms with van der Waals surface area (Å²) in [7, 11) is 0. The number of ether oxygens (including phenoxy) is 1. The van der Waals surface area contributed by atoms with Crippen molar-refractivity contribution in [3.8, 4) is 28.0 Å². The van der Waals surface area contributed by atoms with E-state index in [2.05, 4.69) is 4.74 Å². The molecule has 1 fully saturated rings. The number of halogens is 6. The third kappa shape index (κ3) is 4.92. The topological polar surface area (TPSA) is 9.23 Å². The number of hydrogen-bond acceptors (Lipinski definition) is 1. The zero-order valence-corrected chi connectivity index (χ0v) is 17.0. The SMILES string of the molecule is Fc1cc(-c2ccc(C3CCCCC3)cc2)ccc1-c1cc(F)c(OC(F)(F)F)c(F)c1. The minimum Gasteiger partial charge on any atom is -0.399 e. The van der Waals surface area contributed by atoms with Crippen molar-refractivity contribution in [3.05, 3.63) is 77.6 Å². The number of hydrogen-bond donors (Lipinski definition) is 0. The molecule has 3 aromatic rings. The molecule has 0 atom stereocenters. The van der Waals surface area contributed by atoms with Gasteiger partial charge in [-0.2, -0.15) is 0 Å². The minimum absolute atomic E-state index is 0.135. The van der Waals surface area contributed by atoms with Crippen molar-refractivity contribution in [2.75, 3.05) is 0 Å². The molecule has 0 radical (unpaired) electrons. The van der Waals surface area contributed by atoms with Crippen LogP contribution in [0.2, 0.25) is 0 Å². The monoisotopic (exact) mass is 450 g/mol. The highest BCUT2D eigenvalue weighted by Crippen LogP contribution is 2.36. The molecule has 1 aliphatic carbocycles. The first-order valence-corrected chi connectivity index (χ1v) is 10.4. The van der Waals surface area contributed by atoms with Gasteiger partial charge in [-0.1, -0.05) is 55.7 Å². The predicted octanol–water partition coefficient (Wildman–Crippen LogP) is 8.38. The summed E-state index contributed by atoms with van der Waals surface area (Å²) in [6, 6.07) is 13.3.